The summed E-state index contributed by atoms with van der Waals surface area (Å²) in [6.45, 7) is 7.71. The van der Waals surface area contributed by atoms with E-state index in [9.17, 15) is 9.59 Å². The molecule has 4 heterocycles. The molecule has 2 aromatic heterocycles. The zero-order chi connectivity index (χ0) is 26.7. The normalized spacial score (nSPS) is 19.5. The highest BCUT2D eigenvalue weighted by molar-refractivity contribution is 5.82. The van der Waals surface area contributed by atoms with Gasteiger partial charge in [-0.1, -0.05) is 24.3 Å². The van der Waals surface area contributed by atoms with Gasteiger partial charge in [0.15, 0.2) is 0 Å². The number of pyridine rings is 1. The number of hydrogen-bond donors (Lipinski definition) is 3. The Kier molecular flexibility index (Phi) is 7.46. The first-order chi connectivity index (χ1) is 18.3. The average molecular weight is 517 g/mol. The summed E-state index contributed by atoms with van der Waals surface area (Å²) in [5.74, 6) is 0.829. The van der Waals surface area contributed by atoms with Crippen molar-refractivity contribution >= 4 is 12.0 Å². The number of aromatic amines is 1. The molecular formula is C29H36N6O3. The third-order valence-corrected chi connectivity index (χ3v) is 6.96. The van der Waals surface area contributed by atoms with Crippen LogP contribution in [-0.2, 0) is 16.1 Å². The minimum absolute atomic E-state index is 0.0648. The number of nitrogens with zero attached hydrogens (tertiary/aromatic N) is 3. The fraction of sp³-hybridized carbons (Fsp3) is 0.448. The Morgan fingerprint density at radius 2 is 1.82 bits per heavy atom. The van der Waals surface area contributed by atoms with Crippen molar-refractivity contribution in [2.75, 3.05) is 13.1 Å². The first kappa shape index (κ1) is 25.9. The molecule has 2 fully saturated rings. The molecule has 1 aromatic carbocycles. The SMILES string of the molecule is CC(C)(C)OC(=O)N1CCC[C@H]1c1ncc(-c2ccc(-c3ccc(CNC(=O)[C@@H]4CCCN4)cc3)nc2)[nH]1. The van der Waals surface area contributed by atoms with E-state index in [0.717, 1.165) is 66.1 Å². The number of benzene rings is 1. The van der Waals surface area contributed by atoms with E-state index in [2.05, 4.69) is 25.6 Å². The van der Waals surface area contributed by atoms with E-state index < -0.39 is 5.60 Å². The van der Waals surface area contributed by atoms with E-state index in [-0.39, 0.29) is 24.1 Å². The maximum atomic E-state index is 12.7. The molecule has 9 heteroatoms. The highest BCUT2D eigenvalue weighted by Gasteiger charge is 2.34. The molecule has 38 heavy (non-hydrogen) atoms. The summed E-state index contributed by atoms with van der Waals surface area (Å²) >= 11 is 0. The number of carbonyl (C=O) groups excluding carboxylic acids is 2. The Bertz CT molecular complexity index is 1260. The molecule has 0 aliphatic carbocycles. The Balaban J connectivity index is 1.21. The topological polar surface area (TPSA) is 112 Å². The van der Waals surface area contributed by atoms with Crippen LogP contribution in [0.5, 0.6) is 0 Å². The first-order valence-electron chi connectivity index (χ1n) is 13.4. The van der Waals surface area contributed by atoms with Gasteiger partial charge in [0, 0.05) is 30.4 Å². The van der Waals surface area contributed by atoms with Gasteiger partial charge in [-0.25, -0.2) is 9.78 Å². The minimum atomic E-state index is -0.533. The lowest BCUT2D eigenvalue weighted by Crippen LogP contribution is -2.39. The second-order valence-electron chi connectivity index (χ2n) is 11.0. The average Bonchev–Trinajstić information content (AvgIpc) is 3.68. The van der Waals surface area contributed by atoms with E-state index >= 15 is 0 Å². The minimum Gasteiger partial charge on any atom is -0.444 e. The Hall–Kier alpha value is -3.72. The molecular weight excluding hydrogens is 480 g/mol. The van der Waals surface area contributed by atoms with Gasteiger partial charge in [-0.05, 0) is 70.7 Å². The molecule has 0 spiro atoms. The predicted octanol–water partition coefficient (Wildman–Crippen LogP) is 4.58. The van der Waals surface area contributed by atoms with Gasteiger partial charge in [0.05, 0.1) is 29.7 Å². The number of ether oxygens (including phenoxy) is 1. The van der Waals surface area contributed by atoms with Crippen molar-refractivity contribution in [2.45, 2.75) is 70.7 Å². The molecule has 2 amide bonds. The van der Waals surface area contributed by atoms with Gasteiger partial charge in [0.1, 0.15) is 11.4 Å². The number of amides is 2. The monoisotopic (exact) mass is 516 g/mol. The standard InChI is InChI=1S/C29H36N6O3/c1-29(2,3)38-28(37)35-15-5-7-25(35)26-32-18-24(34-26)21-12-13-22(31-17-21)20-10-8-19(9-11-20)16-33-27(36)23-6-4-14-30-23/h8-13,17-18,23,25,30H,4-7,14-16H2,1-3H3,(H,32,34)(H,33,36)/t23-,25-/m0/s1. The zero-order valence-electron chi connectivity index (χ0n) is 22.3. The molecule has 0 radical (unpaired) electrons. The fourth-order valence-corrected chi connectivity index (χ4v) is 4.98. The number of aromatic nitrogens is 3. The third kappa shape index (κ3) is 6.05. The largest absolute Gasteiger partial charge is 0.444 e. The molecule has 9 nitrogen and oxygen atoms in total. The Labute approximate surface area is 223 Å². The summed E-state index contributed by atoms with van der Waals surface area (Å²) in [6, 6.07) is 11.9. The molecule has 200 valence electrons. The van der Waals surface area contributed by atoms with Crippen molar-refractivity contribution in [1.82, 2.24) is 30.5 Å². The molecule has 2 saturated heterocycles. The number of carbonyl (C=O) groups is 2. The molecule has 0 bridgehead atoms. The van der Waals surface area contributed by atoms with Crippen LogP contribution in [0, 0.1) is 0 Å². The lowest BCUT2D eigenvalue weighted by atomic mass is 10.1. The number of hydrogen-bond acceptors (Lipinski definition) is 6. The number of nitrogens with one attached hydrogen (secondary N) is 3. The van der Waals surface area contributed by atoms with Crippen LogP contribution in [0.4, 0.5) is 4.79 Å². The zero-order valence-corrected chi connectivity index (χ0v) is 22.3. The molecule has 2 aliphatic rings. The van der Waals surface area contributed by atoms with Gasteiger partial charge < -0.3 is 20.4 Å². The Morgan fingerprint density at radius 3 is 2.50 bits per heavy atom. The highest BCUT2D eigenvalue weighted by atomic mass is 16.6. The molecule has 2 aliphatic heterocycles. The summed E-state index contributed by atoms with van der Waals surface area (Å²) in [6.07, 6.45) is 7.03. The molecule has 3 N–H and O–H groups in total. The number of likely N-dealkylation sites (tertiary alicyclic amines) is 1. The van der Waals surface area contributed by atoms with E-state index in [1.165, 1.54) is 0 Å². The van der Waals surface area contributed by atoms with Gasteiger partial charge in [0.25, 0.3) is 0 Å². The maximum Gasteiger partial charge on any atom is 0.410 e. The van der Waals surface area contributed by atoms with Crippen LogP contribution in [0.15, 0.2) is 48.8 Å². The summed E-state index contributed by atoms with van der Waals surface area (Å²) in [5, 5.41) is 6.23. The molecule has 2 atom stereocenters. The molecule has 0 saturated carbocycles. The third-order valence-electron chi connectivity index (χ3n) is 6.96. The van der Waals surface area contributed by atoms with Crippen LogP contribution in [-0.4, -0.2) is 56.6 Å². The van der Waals surface area contributed by atoms with Crippen LogP contribution in [0.1, 0.15) is 63.9 Å². The number of H-pyrrole nitrogens is 1. The van der Waals surface area contributed by atoms with Crippen LogP contribution < -0.4 is 10.6 Å². The van der Waals surface area contributed by atoms with E-state index in [0.29, 0.717) is 13.1 Å². The van der Waals surface area contributed by atoms with Crippen LogP contribution in [0.25, 0.3) is 22.5 Å². The van der Waals surface area contributed by atoms with Gasteiger partial charge in [0.2, 0.25) is 5.91 Å². The summed E-state index contributed by atoms with van der Waals surface area (Å²) < 4.78 is 5.59. The van der Waals surface area contributed by atoms with E-state index in [4.69, 9.17) is 4.74 Å². The van der Waals surface area contributed by atoms with E-state index in [1.54, 1.807) is 11.1 Å². The second kappa shape index (κ2) is 10.9. The van der Waals surface area contributed by atoms with E-state index in [1.807, 2.05) is 63.4 Å². The van der Waals surface area contributed by atoms with Crippen LogP contribution >= 0.6 is 0 Å². The Morgan fingerprint density at radius 1 is 1.03 bits per heavy atom. The highest BCUT2D eigenvalue weighted by Crippen LogP contribution is 2.33. The second-order valence-corrected chi connectivity index (χ2v) is 11.0. The van der Waals surface area contributed by atoms with Crippen molar-refractivity contribution in [1.29, 1.82) is 0 Å². The summed E-state index contributed by atoms with van der Waals surface area (Å²) in [4.78, 5) is 39.3. The van der Waals surface area contributed by atoms with Gasteiger partial charge in [-0.15, -0.1) is 0 Å². The molecule has 3 aromatic rings. The maximum absolute atomic E-state index is 12.7. The van der Waals surface area contributed by atoms with Crippen molar-refractivity contribution < 1.29 is 14.3 Å². The van der Waals surface area contributed by atoms with Crippen molar-refractivity contribution in [3.05, 3.63) is 60.2 Å². The summed E-state index contributed by atoms with van der Waals surface area (Å²) in [7, 11) is 0. The van der Waals surface area contributed by atoms with Crippen molar-refractivity contribution in [3.8, 4) is 22.5 Å². The predicted molar refractivity (Wildman–Crippen MR) is 145 cm³/mol. The van der Waals surface area contributed by atoms with Crippen LogP contribution in [0.2, 0.25) is 0 Å². The van der Waals surface area contributed by atoms with Gasteiger partial charge in [-0.2, -0.15) is 0 Å². The number of rotatable bonds is 6. The lowest BCUT2D eigenvalue weighted by Gasteiger charge is -2.27. The van der Waals surface area contributed by atoms with Crippen molar-refractivity contribution in [3.63, 3.8) is 0 Å². The van der Waals surface area contributed by atoms with Crippen molar-refractivity contribution in [2.24, 2.45) is 0 Å². The fourth-order valence-electron chi connectivity index (χ4n) is 4.98. The van der Waals surface area contributed by atoms with Gasteiger partial charge >= 0.3 is 6.09 Å². The first-order valence-corrected chi connectivity index (χ1v) is 13.4. The quantitative estimate of drug-likeness (QED) is 0.442. The summed E-state index contributed by atoms with van der Waals surface area (Å²) in [5.41, 5.74) is 4.18. The molecule has 0 unspecified atom stereocenters. The molecule has 5 rings (SSSR count). The smallest absolute Gasteiger partial charge is 0.410 e. The number of imidazole rings is 1. The van der Waals surface area contributed by atoms with Crippen LogP contribution in [0.3, 0.4) is 0 Å². The lowest BCUT2D eigenvalue weighted by molar-refractivity contribution is -0.122. The van der Waals surface area contributed by atoms with Gasteiger partial charge in [-0.3, -0.25) is 14.7 Å².